The smallest absolute Gasteiger partial charge is 0.217 e. The number of likely N-dealkylation sites (tertiary alicyclic amines) is 1. The summed E-state index contributed by atoms with van der Waals surface area (Å²) in [7, 11) is 0. The number of hydrogen-bond donors (Lipinski definition) is 2. The van der Waals surface area contributed by atoms with E-state index < -0.39 is 6.10 Å². The lowest BCUT2D eigenvalue weighted by atomic mass is 10.1. The fourth-order valence-electron chi connectivity index (χ4n) is 3.17. The van der Waals surface area contributed by atoms with Crippen LogP contribution in [0.15, 0.2) is 18.2 Å². The minimum Gasteiger partial charge on any atom is -0.486 e. The molecule has 6 nitrogen and oxygen atoms in total. The molecule has 0 radical (unpaired) electrons. The van der Waals surface area contributed by atoms with E-state index in [4.69, 9.17) is 9.47 Å². The van der Waals surface area contributed by atoms with Gasteiger partial charge in [-0.3, -0.25) is 9.69 Å². The third-order valence-corrected chi connectivity index (χ3v) is 4.36. The molecule has 1 aromatic carbocycles. The molecule has 6 heteroatoms. The summed E-state index contributed by atoms with van der Waals surface area (Å²) in [5, 5.41) is 13.0. The SMILES string of the molecule is CC(=O)N[C@H]1CCN(Cc2ccc3c(c2)OCCO3)CC[C@@H]1O. The van der Waals surface area contributed by atoms with Crippen LogP contribution in [0.25, 0.3) is 0 Å². The van der Waals surface area contributed by atoms with Crippen molar-refractivity contribution in [2.24, 2.45) is 0 Å². The molecule has 0 saturated carbocycles. The van der Waals surface area contributed by atoms with Crippen molar-refractivity contribution in [3.63, 3.8) is 0 Å². The van der Waals surface area contributed by atoms with Crippen LogP contribution in [0.3, 0.4) is 0 Å². The van der Waals surface area contributed by atoms with Crippen LogP contribution in [0.2, 0.25) is 0 Å². The van der Waals surface area contributed by atoms with E-state index in [9.17, 15) is 9.90 Å². The molecule has 23 heavy (non-hydrogen) atoms. The monoisotopic (exact) mass is 320 g/mol. The summed E-state index contributed by atoms with van der Waals surface area (Å²) in [6.45, 7) is 5.13. The highest BCUT2D eigenvalue weighted by molar-refractivity contribution is 5.73. The second-order valence-electron chi connectivity index (χ2n) is 6.21. The molecule has 1 aromatic rings. The molecule has 2 aliphatic rings. The number of amides is 1. The van der Waals surface area contributed by atoms with Crippen LogP contribution >= 0.6 is 0 Å². The summed E-state index contributed by atoms with van der Waals surface area (Å²) >= 11 is 0. The van der Waals surface area contributed by atoms with Crippen LogP contribution in [-0.4, -0.2) is 54.4 Å². The van der Waals surface area contributed by atoms with E-state index in [-0.39, 0.29) is 11.9 Å². The van der Waals surface area contributed by atoms with Crippen molar-refractivity contribution in [1.82, 2.24) is 10.2 Å². The van der Waals surface area contributed by atoms with Crippen LogP contribution in [0, 0.1) is 0 Å². The van der Waals surface area contributed by atoms with Gasteiger partial charge in [-0.15, -0.1) is 0 Å². The fraction of sp³-hybridized carbons (Fsp3) is 0.588. The number of carbonyl (C=O) groups is 1. The highest BCUT2D eigenvalue weighted by Crippen LogP contribution is 2.31. The maximum atomic E-state index is 11.2. The van der Waals surface area contributed by atoms with Crippen molar-refractivity contribution in [3.05, 3.63) is 23.8 Å². The standard InChI is InChI=1S/C17H24N2O4/c1-12(20)18-14-4-6-19(7-5-15(14)21)11-13-2-3-16-17(10-13)23-9-8-22-16/h2-3,10,14-15,21H,4-9,11H2,1H3,(H,18,20)/t14-,15-/m0/s1. The molecule has 2 N–H and O–H groups in total. The van der Waals surface area contributed by atoms with Crippen molar-refractivity contribution < 1.29 is 19.4 Å². The Balaban J connectivity index is 1.61. The van der Waals surface area contributed by atoms with Gasteiger partial charge in [-0.2, -0.15) is 0 Å². The average Bonchev–Trinajstić information content (AvgIpc) is 2.70. The number of rotatable bonds is 3. The molecule has 2 aliphatic heterocycles. The van der Waals surface area contributed by atoms with Crippen LogP contribution in [-0.2, 0) is 11.3 Å². The third-order valence-electron chi connectivity index (χ3n) is 4.36. The first-order valence-corrected chi connectivity index (χ1v) is 8.18. The molecule has 1 saturated heterocycles. The molecule has 2 atom stereocenters. The number of aliphatic hydroxyl groups is 1. The summed E-state index contributed by atoms with van der Waals surface area (Å²) < 4.78 is 11.2. The van der Waals surface area contributed by atoms with Crippen molar-refractivity contribution in [1.29, 1.82) is 0 Å². The summed E-state index contributed by atoms with van der Waals surface area (Å²) in [5.74, 6) is 1.52. The number of carbonyl (C=O) groups excluding carboxylic acids is 1. The van der Waals surface area contributed by atoms with Gasteiger partial charge < -0.3 is 19.9 Å². The maximum absolute atomic E-state index is 11.2. The minimum atomic E-state index is -0.482. The molecule has 0 aliphatic carbocycles. The lowest BCUT2D eigenvalue weighted by Crippen LogP contribution is -2.42. The molecule has 126 valence electrons. The number of hydrogen-bond acceptors (Lipinski definition) is 5. The van der Waals surface area contributed by atoms with Gasteiger partial charge in [0.05, 0.1) is 12.1 Å². The predicted octanol–water partition coefficient (Wildman–Crippen LogP) is 0.919. The summed E-state index contributed by atoms with van der Waals surface area (Å²) in [6.07, 6.45) is 0.935. The summed E-state index contributed by atoms with van der Waals surface area (Å²) in [6, 6.07) is 5.88. The summed E-state index contributed by atoms with van der Waals surface area (Å²) in [5.41, 5.74) is 1.17. The van der Waals surface area contributed by atoms with E-state index >= 15 is 0 Å². The van der Waals surface area contributed by atoms with Gasteiger partial charge in [0.1, 0.15) is 13.2 Å². The first-order chi connectivity index (χ1) is 11.1. The normalized spacial score (nSPS) is 24.8. The molecular weight excluding hydrogens is 296 g/mol. The third kappa shape index (κ3) is 4.14. The van der Waals surface area contributed by atoms with E-state index in [1.807, 2.05) is 12.1 Å². The van der Waals surface area contributed by atoms with E-state index in [0.29, 0.717) is 19.6 Å². The lowest BCUT2D eigenvalue weighted by molar-refractivity contribution is -0.120. The van der Waals surface area contributed by atoms with E-state index in [2.05, 4.69) is 16.3 Å². The lowest BCUT2D eigenvalue weighted by Gasteiger charge is -2.22. The Labute approximate surface area is 136 Å². The molecule has 0 unspecified atom stereocenters. The van der Waals surface area contributed by atoms with E-state index in [1.54, 1.807) is 0 Å². The Morgan fingerprint density at radius 1 is 1.26 bits per heavy atom. The number of ether oxygens (including phenoxy) is 2. The topological polar surface area (TPSA) is 71.0 Å². The Bertz CT molecular complexity index is 564. The van der Waals surface area contributed by atoms with Crippen LogP contribution in [0.1, 0.15) is 25.3 Å². The van der Waals surface area contributed by atoms with Gasteiger partial charge in [-0.25, -0.2) is 0 Å². The zero-order chi connectivity index (χ0) is 16.2. The van der Waals surface area contributed by atoms with Crippen molar-refractivity contribution in [2.45, 2.75) is 38.5 Å². The average molecular weight is 320 g/mol. The molecule has 2 heterocycles. The number of aliphatic hydroxyl groups excluding tert-OH is 1. The van der Waals surface area contributed by atoms with Crippen molar-refractivity contribution in [3.8, 4) is 11.5 Å². The number of benzene rings is 1. The zero-order valence-electron chi connectivity index (χ0n) is 13.5. The van der Waals surface area contributed by atoms with E-state index in [1.165, 1.54) is 12.5 Å². The van der Waals surface area contributed by atoms with Gasteiger partial charge in [0.25, 0.3) is 0 Å². The highest BCUT2D eigenvalue weighted by atomic mass is 16.6. The van der Waals surface area contributed by atoms with Gasteiger partial charge in [0.2, 0.25) is 5.91 Å². The van der Waals surface area contributed by atoms with Crippen LogP contribution in [0.5, 0.6) is 11.5 Å². The zero-order valence-corrected chi connectivity index (χ0v) is 13.5. The Hall–Kier alpha value is -1.79. The first-order valence-electron chi connectivity index (χ1n) is 8.18. The molecule has 0 aromatic heterocycles. The number of fused-ring (bicyclic) bond motifs is 1. The fourth-order valence-corrected chi connectivity index (χ4v) is 3.17. The van der Waals surface area contributed by atoms with Crippen LogP contribution < -0.4 is 14.8 Å². The molecule has 1 amide bonds. The maximum Gasteiger partial charge on any atom is 0.217 e. The van der Waals surface area contributed by atoms with Gasteiger partial charge in [-0.05, 0) is 30.5 Å². The molecular formula is C17H24N2O4. The van der Waals surface area contributed by atoms with Gasteiger partial charge in [-0.1, -0.05) is 6.07 Å². The van der Waals surface area contributed by atoms with Gasteiger partial charge in [0, 0.05) is 26.6 Å². The van der Waals surface area contributed by atoms with Crippen molar-refractivity contribution in [2.75, 3.05) is 26.3 Å². The van der Waals surface area contributed by atoms with E-state index in [0.717, 1.165) is 37.6 Å². The Morgan fingerprint density at radius 3 is 2.78 bits per heavy atom. The van der Waals surface area contributed by atoms with Crippen LogP contribution in [0.4, 0.5) is 0 Å². The Kier molecular flexibility index (Phi) is 5.03. The summed E-state index contributed by atoms with van der Waals surface area (Å²) in [4.78, 5) is 13.5. The van der Waals surface area contributed by atoms with Crippen molar-refractivity contribution >= 4 is 5.91 Å². The molecule has 1 fully saturated rings. The number of nitrogens with zero attached hydrogens (tertiary/aromatic N) is 1. The quantitative estimate of drug-likeness (QED) is 0.866. The predicted molar refractivity (Wildman–Crippen MR) is 85.6 cm³/mol. The van der Waals surface area contributed by atoms with Gasteiger partial charge in [0.15, 0.2) is 11.5 Å². The van der Waals surface area contributed by atoms with Gasteiger partial charge >= 0.3 is 0 Å². The second kappa shape index (κ2) is 7.19. The second-order valence-corrected chi connectivity index (χ2v) is 6.21. The molecule has 0 spiro atoms. The molecule has 0 bridgehead atoms. The number of nitrogens with one attached hydrogen (secondary N) is 1. The minimum absolute atomic E-state index is 0.0886. The highest BCUT2D eigenvalue weighted by Gasteiger charge is 2.25. The Morgan fingerprint density at radius 2 is 2.00 bits per heavy atom. The first kappa shape index (κ1) is 16.1. The molecule has 3 rings (SSSR count). The largest absolute Gasteiger partial charge is 0.486 e.